The largest absolute Gasteiger partial charge is 0.366 e. The zero-order chi connectivity index (χ0) is 15.6. The van der Waals surface area contributed by atoms with Crippen LogP contribution in [0.15, 0.2) is 23.3 Å². The molecule has 1 aromatic carbocycles. The van der Waals surface area contributed by atoms with Gasteiger partial charge in [-0.3, -0.25) is 0 Å². The van der Waals surface area contributed by atoms with Gasteiger partial charge in [0.25, 0.3) is 0 Å². The maximum absolute atomic E-state index is 10.6. The van der Waals surface area contributed by atoms with Crippen LogP contribution in [0.3, 0.4) is 0 Å². The van der Waals surface area contributed by atoms with Gasteiger partial charge in [0.1, 0.15) is 0 Å². The Hall–Kier alpha value is -2.04. The smallest absolute Gasteiger partial charge is 0.332 e. The second-order valence-electron chi connectivity index (χ2n) is 6.21. The minimum absolute atomic E-state index is 0.171. The number of carbonyl (C=O) groups is 1. The van der Waals surface area contributed by atoms with Gasteiger partial charge in [0.15, 0.2) is 0 Å². The Kier molecular flexibility index (Phi) is 4.21. The molecule has 0 spiro atoms. The first-order valence-corrected chi connectivity index (χ1v) is 7.35. The van der Waals surface area contributed by atoms with E-state index >= 15 is 0 Å². The Morgan fingerprint density at radius 2 is 2.29 bits per heavy atom. The summed E-state index contributed by atoms with van der Waals surface area (Å²) in [6, 6.07) is 5.64. The third-order valence-corrected chi connectivity index (χ3v) is 4.11. The number of nitrogens with two attached hydrogens (primary N) is 1. The summed E-state index contributed by atoms with van der Waals surface area (Å²) in [7, 11) is 0. The summed E-state index contributed by atoms with van der Waals surface area (Å²) < 4.78 is 0. The van der Waals surface area contributed by atoms with Gasteiger partial charge in [-0.25, -0.2) is 10.2 Å². The fraction of sp³-hybridized carbons (Fsp3) is 0.500. The first kappa shape index (κ1) is 15.4. The second kappa shape index (κ2) is 5.76. The van der Waals surface area contributed by atoms with Crippen LogP contribution in [-0.2, 0) is 0 Å². The number of hydrogen-bond donors (Lipinski definition) is 2. The lowest BCUT2D eigenvalue weighted by atomic mass is 9.79. The predicted octanol–water partition coefficient (Wildman–Crippen LogP) is 2.80. The molecule has 2 rings (SSSR count). The van der Waals surface area contributed by atoms with Crippen molar-refractivity contribution in [2.24, 2.45) is 10.8 Å². The molecule has 1 atom stereocenters. The summed E-state index contributed by atoms with van der Waals surface area (Å²) in [5, 5.41) is 3.82. The summed E-state index contributed by atoms with van der Waals surface area (Å²) in [5.41, 5.74) is 11.0. The van der Waals surface area contributed by atoms with E-state index in [9.17, 15) is 4.79 Å². The highest BCUT2D eigenvalue weighted by atomic mass is 16.2. The fourth-order valence-electron chi connectivity index (χ4n) is 3.36. The van der Waals surface area contributed by atoms with Crippen LogP contribution in [0.25, 0.3) is 0 Å². The molecule has 0 fully saturated rings. The zero-order valence-corrected chi connectivity index (χ0v) is 13.2. The van der Waals surface area contributed by atoms with Gasteiger partial charge in [0.05, 0.1) is 6.21 Å². The Bertz CT molecular complexity index is 565. The number of rotatable bonds is 3. The van der Waals surface area contributed by atoms with Crippen LogP contribution < -0.4 is 16.1 Å². The molecule has 1 aliphatic heterocycles. The van der Waals surface area contributed by atoms with Crippen LogP contribution in [0.4, 0.5) is 10.5 Å². The topological polar surface area (TPSA) is 70.7 Å². The van der Waals surface area contributed by atoms with E-state index in [1.54, 1.807) is 6.21 Å². The Balaban J connectivity index is 2.33. The van der Waals surface area contributed by atoms with Crippen LogP contribution in [-0.4, -0.2) is 24.3 Å². The lowest BCUT2D eigenvalue weighted by Crippen LogP contribution is -2.48. The number of nitrogens with one attached hydrogen (secondary N) is 1. The monoisotopic (exact) mass is 288 g/mol. The van der Waals surface area contributed by atoms with E-state index in [0.717, 1.165) is 18.5 Å². The lowest BCUT2D eigenvalue weighted by molar-refractivity contribution is 0.249. The van der Waals surface area contributed by atoms with E-state index in [-0.39, 0.29) is 5.54 Å². The zero-order valence-electron chi connectivity index (χ0n) is 13.2. The average molecular weight is 288 g/mol. The summed E-state index contributed by atoms with van der Waals surface area (Å²) in [6.07, 6.45) is 2.74. The standard InChI is InChI=1S/C16H24N4O/c1-5-20-14-7-6-12(10-18-19-15(17)21)8-13(14)11(2)9-16(20,3)4/h6-8,10-11H,5,9H2,1-4H3,(H3,17,19,21)/b18-10+. The highest BCUT2D eigenvalue weighted by Crippen LogP contribution is 2.43. The summed E-state index contributed by atoms with van der Waals surface area (Å²) in [4.78, 5) is 13.1. The first-order chi connectivity index (χ1) is 9.85. The van der Waals surface area contributed by atoms with Crippen molar-refractivity contribution >= 4 is 17.9 Å². The van der Waals surface area contributed by atoms with Gasteiger partial charge in [0, 0.05) is 17.8 Å². The van der Waals surface area contributed by atoms with Crippen molar-refractivity contribution in [2.75, 3.05) is 11.4 Å². The normalized spacial score (nSPS) is 20.4. The molecule has 3 N–H and O–H groups in total. The molecule has 0 saturated heterocycles. The van der Waals surface area contributed by atoms with Crippen molar-refractivity contribution in [3.8, 4) is 0 Å². The maximum Gasteiger partial charge on any atom is 0.332 e. The molecule has 1 heterocycles. The van der Waals surface area contributed by atoms with Gasteiger partial charge < -0.3 is 10.6 Å². The van der Waals surface area contributed by atoms with Crippen molar-refractivity contribution < 1.29 is 4.79 Å². The number of urea groups is 1. The van der Waals surface area contributed by atoms with Crippen LogP contribution in [0.1, 0.15) is 51.2 Å². The number of hydrogen-bond acceptors (Lipinski definition) is 3. The Morgan fingerprint density at radius 1 is 1.57 bits per heavy atom. The van der Waals surface area contributed by atoms with Crippen molar-refractivity contribution in [1.82, 2.24) is 5.43 Å². The Labute approximate surface area is 126 Å². The molecule has 5 nitrogen and oxygen atoms in total. The molecule has 21 heavy (non-hydrogen) atoms. The van der Waals surface area contributed by atoms with Crippen molar-refractivity contribution in [3.63, 3.8) is 0 Å². The van der Waals surface area contributed by atoms with E-state index in [1.807, 2.05) is 6.07 Å². The molecule has 5 heteroatoms. The lowest BCUT2D eigenvalue weighted by Gasteiger charge is -2.47. The number of carbonyl (C=O) groups excluding carboxylic acids is 1. The van der Waals surface area contributed by atoms with Gasteiger partial charge in [-0.15, -0.1) is 0 Å². The van der Waals surface area contributed by atoms with Gasteiger partial charge >= 0.3 is 6.03 Å². The van der Waals surface area contributed by atoms with Crippen LogP contribution in [0, 0.1) is 0 Å². The van der Waals surface area contributed by atoms with E-state index in [4.69, 9.17) is 5.73 Å². The van der Waals surface area contributed by atoms with Crippen LogP contribution in [0.5, 0.6) is 0 Å². The molecular formula is C16H24N4O. The number of benzene rings is 1. The molecule has 1 aromatic rings. The summed E-state index contributed by atoms with van der Waals surface area (Å²) >= 11 is 0. The van der Waals surface area contributed by atoms with Crippen molar-refractivity contribution in [3.05, 3.63) is 29.3 Å². The van der Waals surface area contributed by atoms with Gasteiger partial charge in [0.2, 0.25) is 0 Å². The second-order valence-corrected chi connectivity index (χ2v) is 6.21. The molecule has 0 bridgehead atoms. The van der Waals surface area contributed by atoms with E-state index < -0.39 is 6.03 Å². The number of fused-ring (bicyclic) bond motifs is 1. The number of amides is 2. The first-order valence-electron chi connectivity index (χ1n) is 7.35. The molecule has 0 aromatic heterocycles. The van der Waals surface area contributed by atoms with E-state index in [2.05, 4.69) is 55.3 Å². The molecule has 0 radical (unpaired) electrons. The fourth-order valence-corrected chi connectivity index (χ4v) is 3.36. The Morgan fingerprint density at radius 3 is 2.90 bits per heavy atom. The molecule has 0 saturated carbocycles. The van der Waals surface area contributed by atoms with Gasteiger partial charge in [-0.1, -0.05) is 13.0 Å². The molecule has 114 valence electrons. The molecular weight excluding hydrogens is 264 g/mol. The molecule has 1 aliphatic rings. The predicted molar refractivity (Wildman–Crippen MR) is 86.9 cm³/mol. The quantitative estimate of drug-likeness (QED) is 0.663. The summed E-state index contributed by atoms with van der Waals surface area (Å²) in [6.45, 7) is 10.0. The number of anilines is 1. The van der Waals surface area contributed by atoms with E-state index in [0.29, 0.717) is 5.92 Å². The van der Waals surface area contributed by atoms with E-state index in [1.165, 1.54) is 11.3 Å². The highest BCUT2D eigenvalue weighted by molar-refractivity contribution is 5.83. The molecule has 2 amide bonds. The minimum atomic E-state index is -0.656. The number of nitrogens with zero attached hydrogens (tertiary/aromatic N) is 2. The van der Waals surface area contributed by atoms with Crippen LogP contribution >= 0.6 is 0 Å². The number of hydrazone groups is 1. The third-order valence-electron chi connectivity index (χ3n) is 4.11. The number of primary amides is 1. The minimum Gasteiger partial charge on any atom is -0.366 e. The highest BCUT2D eigenvalue weighted by Gasteiger charge is 2.35. The van der Waals surface area contributed by atoms with Crippen molar-refractivity contribution in [2.45, 2.75) is 45.6 Å². The maximum atomic E-state index is 10.6. The van der Waals surface area contributed by atoms with Gasteiger partial charge in [-0.05, 0) is 56.4 Å². The van der Waals surface area contributed by atoms with Crippen LogP contribution in [0.2, 0.25) is 0 Å². The molecule has 0 aliphatic carbocycles. The van der Waals surface area contributed by atoms with Crippen molar-refractivity contribution in [1.29, 1.82) is 0 Å². The third kappa shape index (κ3) is 3.17. The molecule has 1 unspecified atom stereocenters. The summed E-state index contributed by atoms with van der Waals surface area (Å²) in [5.74, 6) is 0.496. The average Bonchev–Trinajstić information content (AvgIpc) is 2.38. The SMILES string of the molecule is CCN1c2ccc(/C=N/NC(N)=O)cc2C(C)CC1(C)C. The van der Waals surface area contributed by atoms with Gasteiger partial charge in [-0.2, -0.15) is 5.10 Å².